The minimum atomic E-state index is -2.93. The first-order valence-electron chi connectivity index (χ1n) is 6.47. The van der Waals surface area contributed by atoms with E-state index < -0.39 is 9.84 Å². The van der Waals surface area contributed by atoms with Crippen molar-refractivity contribution in [3.63, 3.8) is 0 Å². The predicted octanol–water partition coefficient (Wildman–Crippen LogP) is 0.363. The zero-order valence-electron chi connectivity index (χ0n) is 11.5. The molecule has 1 fully saturated rings. The SMILES string of the molecule is CCNC(C)c1nnc(N2CCS(=O)(=O)CC2C)o1. The average molecular weight is 288 g/mol. The van der Waals surface area contributed by atoms with E-state index in [4.69, 9.17) is 4.42 Å². The van der Waals surface area contributed by atoms with Crippen LogP contribution in [0.15, 0.2) is 4.42 Å². The minimum Gasteiger partial charge on any atom is -0.406 e. The molecule has 0 aliphatic carbocycles. The van der Waals surface area contributed by atoms with Crippen molar-refractivity contribution in [3.05, 3.63) is 5.89 Å². The van der Waals surface area contributed by atoms with Gasteiger partial charge in [0.1, 0.15) is 0 Å². The second-order valence-electron chi connectivity index (χ2n) is 4.86. The molecule has 1 aromatic rings. The van der Waals surface area contributed by atoms with Crippen LogP contribution in [0.4, 0.5) is 6.01 Å². The van der Waals surface area contributed by atoms with Crippen LogP contribution in [0.25, 0.3) is 0 Å². The fourth-order valence-corrected chi connectivity index (χ4v) is 3.75. The van der Waals surface area contributed by atoms with E-state index in [1.807, 2.05) is 25.7 Å². The van der Waals surface area contributed by atoms with E-state index in [0.717, 1.165) is 6.54 Å². The number of rotatable bonds is 4. The lowest BCUT2D eigenvalue weighted by Crippen LogP contribution is -2.47. The van der Waals surface area contributed by atoms with Crippen LogP contribution in [0.3, 0.4) is 0 Å². The lowest BCUT2D eigenvalue weighted by molar-refractivity contribution is 0.413. The second kappa shape index (κ2) is 5.46. The first-order valence-corrected chi connectivity index (χ1v) is 8.29. The van der Waals surface area contributed by atoms with E-state index >= 15 is 0 Å². The highest BCUT2D eigenvalue weighted by molar-refractivity contribution is 7.91. The molecular weight excluding hydrogens is 268 g/mol. The normalized spacial score (nSPS) is 24.4. The van der Waals surface area contributed by atoms with Gasteiger partial charge in [-0.25, -0.2) is 8.42 Å². The highest BCUT2D eigenvalue weighted by Crippen LogP contribution is 2.22. The summed E-state index contributed by atoms with van der Waals surface area (Å²) in [5.74, 6) is 0.795. The highest BCUT2D eigenvalue weighted by Gasteiger charge is 2.31. The molecule has 0 aromatic carbocycles. The van der Waals surface area contributed by atoms with E-state index in [-0.39, 0.29) is 23.6 Å². The number of nitrogens with zero attached hydrogens (tertiary/aromatic N) is 3. The number of nitrogens with one attached hydrogen (secondary N) is 1. The molecule has 0 amide bonds. The summed E-state index contributed by atoms with van der Waals surface area (Å²) in [5.41, 5.74) is 0. The van der Waals surface area contributed by atoms with Gasteiger partial charge in [-0.05, 0) is 20.4 Å². The molecule has 2 rings (SSSR count). The number of sulfone groups is 1. The Morgan fingerprint density at radius 1 is 1.53 bits per heavy atom. The fourth-order valence-electron chi connectivity index (χ4n) is 2.19. The Labute approximate surface area is 113 Å². The van der Waals surface area contributed by atoms with Gasteiger partial charge >= 0.3 is 6.01 Å². The van der Waals surface area contributed by atoms with Crippen LogP contribution in [0, 0.1) is 0 Å². The van der Waals surface area contributed by atoms with Crippen LogP contribution in [0.5, 0.6) is 0 Å². The van der Waals surface area contributed by atoms with Crippen molar-refractivity contribution in [1.82, 2.24) is 15.5 Å². The summed E-state index contributed by atoms with van der Waals surface area (Å²) in [6.45, 7) is 7.03. The van der Waals surface area contributed by atoms with Crippen LogP contribution < -0.4 is 10.2 Å². The molecule has 2 atom stereocenters. The highest BCUT2D eigenvalue weighted by atomic mass is 32.2. The van der Waals surface area contributed by atoms with Gasteiger partial charge < -0.3 is 14.6 Å². The van der Waals surface area contributed by atoms with Crippen molar-refractivity contribution in [2.75, 3.05) is 29.5 Å². The first-order chi connectivity index (χ1) is 8.93. The van der Waals surface area contributed by atoms with E-state index in [2.05, 4.69) is 15.5 Å². The molecule has 1 aliphatic heterocycles. The number of hydrogen-bond donors (Lipinski definition) is 1. The third-order valence-corrected chi connectivity index (χ3v) is 5.02. The van der Waals surface area contributed by atoms with E-state index in [1.165, 1.54) is 0 Å². The van der Waals surface area contributed by atoms with Crippen LogP contribution in [-0.2, 0) is 9.84 Å². The predicted molar refractivity (Wildman–Crippen MR) is 71.9 cm³/mol. The lowest BCUT2D eigenvalue weighted by Gasteiger charge is -2.31. The maximum absolute atomic E-state index is 11.5. The third-order valence-electron chi connectivity index (χ3n) is 3.23. The Kier molecular flexibility index (Phi) is 4.10. The smallest absolute Gasteiger partial charge is 0.318 e. The monoisotopic (exact) mass is 288 g/mol. The summed E-state index contributed by atoms with van der Waals surface area (Å²) in [4.78, 5) is 1.86. The Morgan fingerprint density at radius 2 is 2.26 bits per heavy atom. The number of anilines is 1. The Hall–Kier alpha value is -1.15. The summed E-state index contributed by atoms with van der Waals surface area (Å²) in [5, 5.41) is 11.2. The summed E-state index contributed by atoms with van der Waals surface area (Å²) in [7, 11) is -2.93. The van der Waals surface area contributed by atoms with E-state index in [9.17, 15) is 8.42 Å². The summed E-state index contributed by atoms with van der Waals surface area (Å²) < 4.78 is 28.7. The summed E-state index contributed by atoms with van der Waals surface area (Å²) in [6.07, 6.45) is 0. The molecule has 0 radical (unpaired) electrons. The van der Waals surface area contributed by atoms with Gasteiger partial charge in [-0.1, -0.05) is 12.0 Å². The average Bonchev–Trinajstić information content (AvgIpc) is 2.77. The summed E-state index contributed by atoms with van der Waals surface area (Å²) in [6, 6.07) is 0.263. The van der Waals surface area contributed by atoms with Crippen molar-refractivity contribution in [2.45, 2.75) is 32.9 Å². The molecule has 7 nitrogen and oxygen atoms in total. The molecular formula is C11H20N4O3S. The molecule has 0 bridgehead atoms. The maximum atomic E-state index is 11.5. The fraction of sp³-hybridized carbons (Fsp3) is 0.818. The first kappa shape index (κ1) is 14.3. The molecule has 2 heterocycles. The van der Waals surface area contributed by atoms with Crippen molar-refractivity contribution < 1.29 is 12.8 Å². The van der Waals surface area contributed by atoms with E-state index in [0.29, 0.717) is 18.5 Å². The quantitative estimate of drug-likeness (QED) is 0.856. The summed E-state index contributed by atoms with van der Waals surface area (Å²) >= 11 is 0. The lowest BCUT2D eigenvalue weighted by atomic mass is 10.3. The van der Waals surface area contributed by atoms with Crippen LogP contribution in [-0.4, -0.2) is 49.3 Å². The molecule has 0 spiro atoms. The molecule has 0 saturated carbocycles. The van der Waals surface area contributed by atoms with Crippen LogP contribution >= 0.6 is 0 Å². The number of hydrogen-bond acceptors (Lipinski definition) is 7. The molecule has 19 heavy (non-hydrogen) atoms. The van der Waals surface area contributed by atoms with Gasteiger partial charge in [0.05, 0.1) is 17.5 Å². The molecule has 1 saturated heterocycles. The Morgan fingerprint density at radius 3 is 2.89 bits per heavy atom. The van der Waals surface area contributed by atoms with Crippen molar-refractivity contribution in [3.8, 4) is 0 Å². The van der Waals surface area contributed by atoms with Gasteiger partial charge in [-0.15, -0.1) is 5.10 Å². The van der Waals surface area contributed by atoms with Gasteiger partial charge in [0.15, 0.2) is 9.84 Å². The van der Waals surface area contributed by atoms with Crippen LogP contribution in [0.1, 0.15) is 32.7 Å². The largest absolute Gasteiger partial charge is 0.406 e. The van der Waals surface area contributed by atoms with Crippen molar-refractivity contribution in [1.29, 1.82) is 0 Å². The van der Waals surface area contributed by atoms with Crippen molar-refractivity contribution >= 4 is 15.9 Å². The van der Waals surface area contributed by atoms with E-state index in [1.54, 1.807) is 0 Å². The molecule has 108 valence electrons. The van der Waals surface area contributed by atoms with Gasteiger partial charge in [-0.2, -0.15) is 0 Å². The minimum absolute atomic E-state index is 0.00456. The molecule has 1 aromatic heterocycles. The molecule has 1 aliphatic rings. The van der Waals surface area contributed by atoms with Gasteiger partial charge in [0.2, 0.25) is 5.89 Å². The Balaban J connectivity index is 2.11. The van der Waals surface area contributed by atoms with Gasteiger partial charge in [0.25, 0.3) is 0 Å². The topological polar surface area (TPSA) is 88.3 Å². The molecule has 1 N–H and O–H groups in total. The second-order valence-corrected chi connectivity index (χ2v) is 7.09. The van der Waals surface area contributed by atoms with Crippen LogP contribution in [0.2, 0.25) is 0 Å². The Bertz CT molecular complexity index is 528. The molecule has 8 heteroatoms. The van der Waals surface area contributed by atoms with Crippen molar-refractivity contribution in [2.24, 2.45) is 0 Å². The third kappa shape index (κ3) is 3.24. The molecule has 2 unspecified atom stereocenters. The standard InChI is InChI=1S/C11H20N4O3S/c1-4-12-9(3)10-13-14-11(18-10)15-5-6-19(16,17)7-8(15)2/h8-9,12H,4-7H2,1-3H3. The van der Waals surface area contributed by atoms with Gasteiger partial charge in [0, 0.05) is 12.6 Å². The number of aromatic nitrogens is 2. The maximum Gasteiger partial charge on any atom is 0.318 e. The van der Waals surface area contributed by atoms with Gasteiger partial charge in [-0.3, -0.25) is 0 Å². The zero-order valence-corrected chi connectivity index (χ0v) is 12.3. The zero-order chi connectivity index (χ0) is 14.0.